The number of nitrogens with zero attached hydrogens (tertiary/aromatic N) is 2. The Morgan fingerprint density at radius 1 is 1.09 bits per heavy atom. The van der Waals surface area contributed by atoms with Crippen LogP contribution in [-0.4, -0.2) is 34.9 Å². The van der Waals surface area contributed by atoms with Crippen LogP contribution in [0.4, 0.5) is 0 Å². The molecule has 1 aromatic heterocycles. The number of aromatic nitrogens is 1. The molecule has 34 heavy (non-hydrogen) atoms. The number of carbonyl (C=O) groups is 1. The third kappa shape index (κ3) is 6.35. The Labute approximate surface area is 203 Å². The van der Waals surface area contributed by atoms with Gasteiger partial charge in [0.05, 0.1) is 5.69 Å². The summed E-state index contributed by atoms with van der Waals surface area (Å²) in [6.07, 6.45) is 4.75. The molecule has 0 spiro atoms. The van der Waals surface area contributed by atoms with Crippen LogP contribution in [0.1, 0.15) is 55.7 Å². The number of hydrogen-bond donors (Lipinski definition) is 1. The van der Waals surface area contributed by atoms with Gasteiger partial charge in [-0.05, 0) is 82.3 Å². The highest BCUT2D eigenvalue weighted by molar-refractivity contribution is 5.79. The van der Waals surface area contributed by atoms with E-state index in [2.05, 4.69) is 72.6 Å². The van der Waals surface area contributed by atoms with Crippen LogP contribution in [0.15, 0.2) is 59.0 Å². The van der Waals surface area contributed by atoms with Crippen LogP contribution >= 0.6 is 0 Å². The van der Waals surface area contributed by atoms with Gasteiger partial charge in [-0.15, -0.1) is 0 Å². The minimum absolute atomic E-state index is 0.0986. The third-order valence-electron chi connectivity index (χ3n) is 6.93. The maximum absolute atomic E-state index is 12.8. The molecule has 5 heteroatoms. The number of aryl methyl sites for hydroxylation is 3. The van der Waals surface area contributed by atoms with E-state index in [0.717, 1.165) is 68.8 Å². The molecule has 3 aromatic rings. The molecule has 2 aromatic carbocycles. The van der Waals surface area contributed by atoms with E-state index >= 15 is 0 Å². The molecule has 0 unspecified atom stereocenters. The van der Waals surface area contributed by atoms with Crippen molar-refractivity contribution in [3.8, 4) is 11.5 Å². The van der Waals surface area contributed by atoms with E-state index in [1.165, 1.54) is 11.1 Å². The Hall–Kier alpha value is -2.92. The molecule has 1 fully saturated rings. The van der Waals surface area contributed by atoms with Crippen molar-refractivity contribution in [2.75, 3.05) is 13.1 Å². The van der Waals surface area contributed by atoms with Crippen molar-refractivity contribution >= 4 is 5.91 Å². The molecular formula is C29H37N3O2. The van der Waals surface area contributed by atoms with Gasteiger partial charge in [0.25, 0.3) is 0 Å². The number of rotatable bonds is 9. The Morgan fingerprint density at radius 3 is 2.47 bits per heavy atom. The highest BCUT2D eigenvalue weighted by atomic mass is 16.4. The zero-order valence-electron chi connectivity index (χ0n) is 20.7. The van der Waals surface area contributed by atoms with Gasteiger partial charge in [0.15, 0.2) is 0 Å². The third-order valence-corrected chi connectivity index (χ3v) is 6.93. The van der Waals surface area contributed by atoms with Crippen LogP contribution in [0.2, 0.25) is 0 Å². The largest absolute Gasteiger partial charge is 0.441 e. The lowest BCUT2D eigenvalue weighted by atomic mass is 9.95. The Morgan fingerprint density at radius 2 is 1.79 bits per heavy atom. The monoisotopic (exact) mass is 459 g/mol. The van der Waals surface area contributed by atoms with E-state index in [1.54, 1.807) is 0 Å². The van der Waals surface area contributed by atoms with Crippen molar-refractivity contribution in [3.05, 3.63) is 77.2 Å². The number of nitrogens with one attached hydrogen (secondary N) is 1. The van der Waals surface area contributed by atoms with Gasteiger partial charge in [-0.1, -0.05) is 49.4 Å². The van der Waals surface area contributed by atoms with Gasteiger partial charge < -0.3 is 9.73 Å². The highest BCUT2D eigenvalue weighted by Crippen LogP contribution is 2.25. The zero-order valence-corrected chi connectivity index (χ0v) is 20.7. The molecule has 5 nitrogen and oxygen atoms in total. The highest BCUT2D eigenvalue weighted by Gasteiger charge is 2.26. The van der Waals surface area contributed by atoms with Crippen LogP contribution in [-0.2, 0) is 24.2 Å². The number of benzene rings is 2. The van der Waals surface area contributed by atoms with Gasteiger partial charge in [0, 0.05) is 24.1 Å². The number of hydrogen-bond acceptors (Lipinski definition) is 4. The quantitative estimate of drug-likeness (QED) is 0.455. The molecule has 1 atom stereocenters. The Balaban J connectivity index is 1.23. The van der Waals surface area contributed by atoms with Crippen molar-refractivity contribution in [1.82, 2.24) is 15.2 Å². The summed E-state index contributed by atoms with van der Waals surface area (Å²) < 4.78 is 5.97. The van der Waals surface area contributed by atoms with Crippen LogP contribution in [0.25, 0.3) is 11.5 Å². The maximum atomic E-state index is 12.8. The number of amides is 1. The summed E-state index contributed by atoms with van der Waals surface area (Å²) in [5.74, 6) is 1.87. The normalized spacial score (nSPS) is 15.9. The second-order valence-corrected chi connectivity index (χ2v) is 9.56. The Bertz CT molecular complexity index is 1050. The second kappa shape index (κ2) is 11.5. The van der Waals surface area contributed by atoms with Gasteiger partial charge in [-0.2, -0.15) is 0 Å². The molecule has 1 aliphatic rings. The average Bonchev–Trinajstić information content (AvgIpc) is 3.23. The summed E-state index contributed by atoms with van der Waals surface area (Å²) in [6.45, 7) is 8.83. The molecule has 0 radical (unpaired) electrons. The summed E-state index contributed by atoms with van der Waals surface area (Å²) in [4.78, 5) is 20.0. The van der Waals surface area contributed by atoms with Gasteiger partial charge in [0.1, 0.15) is 5.76 Å². The van der Waals surface area contributed by atoms with Gasteiger partial charge in [-0.25, -0.2) is 4.98 Å². The molecular weight excluding hydrogens is 422 g/mol. The van der Waals surface area contributed by atoms with E-state index in [4.69, 9.17) is 9.40 Å². The summed E-state index contributed by atoms with van der Waals surface area (Å²) >= 11 is 0. The Kier molecular flexibility index (Phi) is 8.17. The second-order valence-electron chi connectivity index (χ2n) is 9.56. The molecule has 1 saturated heterocycles. The van der Waals surface area contributed by atoms with E-state index in [-0.39, 0.29) is 17.9 Å². The summed E-state index contributed by atoms with van der Waals surface area (Å²) in [6, 6.07) is 19.1. The predicted octanol–water partition coefficient (Wildman–Crippen LogP) is 5.56. The summed E-state index contributed by atoms with van der Waals surface area (Å²) in [7, 11) is 0. The first kappa shape index (κ1) is 24.2. The standard InChI is InChI=1S/C29H37N3O2/c1-4-23-12-14-26(15-13-23)29-31-27(22(3)34-29)20-32-18-16-25(17-19-32)28(33)30-21(2)10-11-24-8-6-5-7-9-24/h5-9,12-15,21,25H,4,10-11,16-20H2,1-3H3,(H,30,33)/t21-/m0/s1. The molecule has 1 aliphatic heterocycles. The van der Waals surface area contributed by atoms with Crippen molar-refractivity contribution in [2.24, 2.45) is 5.92 Å². The zero-order chi connectivity index (χ0) is 23.9. The first-order valence-electron chi connectivity index (χ1n) is 12.6. The van der Waals surface area contributed by atoms with Gasteiger partial charge in [0.2, 0.25) is 11.8 Å². The lowest BCUT2D eigenvalue weighted by molar-refractivity contribution is -0.127. The van der Waals surface area contributed by atoms with Crippen molar-refractivity contribution in [3.63, 3.8) is 0 Å². The SMILES string of the molecule is CCc1ccc(-c2nc(CN3CCC(C(=O)N[C@@H](C)CCc4ccccc4)CC3)c(C)o2)cc1. The molecule has 180 valence electrons. The molecule has 1 amide bonds. The molecule has 2 heterocycles. The van der Waals surface area contributed by atoms with Gasteiger partial charge in [-0.3, -0.25) is 9.69 Å². The van der Waals surface area contributed by atoms with Crippen molar-refractivity contribution in [2.45, 2.75) is 65.5 Å². The summed E-state index contributed by atoms with van der Waals surface area (Å²) in [5, 5.41) is 3.24. The fourth-order valence-corrected chi connectivity index (χ4v) is 4.61. The van der Waals surface area contributed by atoms with E-state index in [9.17, 15) is 4.79 Å². The lowest BCUT2D eigenvalue weighted by Crippen LogP contribution is -2.43. The first-order valence-corrected chi connectivity index (χ1v) is 12.6. The van der Waals surface area contributed by atoms with E-state index < -0.39 is 0 Å². The molecule has 0 saturated carbocycles. The van der Waals surface area contributed by atoms with Crippen LogP contribution in [0.5, 0.6) is 0 Å². The summed E-state index contributed by atoms with van der Waals surface area (Å²) in [5.41, 5.74) is 4.64. The average molecular weight is 460 g/mol. The molecule has 4 rings (SSSR count). The van der Waals surface area contributed by atoms with Crippen molar-refractivity contribution < 1.29 is 9.21 Å². The van der Waals surface area contributed by atoms with Gasteiger partial charge >= 0.3 is 0 Å². The number of oxazole rings is 1. The fourth-order valence-electron chi connectivity index (χ4n) is 4.61. The maximum Gasteiger partial charge on any atom is 0.226 e. The fraction of sp³-hybridized carbons (Fsp3) is 0.448. The first-order chi connectivity index (χ1) is 16.5. The van der Waals surface area contributed by atoms with E-state index in [1.807, 2.05) is 13.0 Å². The number of piperidine rings is 1. The van der Waals surface area contributed by atoms with Crippen molar-refractivity contribution in [1.29, 1.82) is 0 Å². The number of likely N-dealkylation sites (tertiary alicyclic amines) is 1. The molecule has 0 aliphatic carbocycles. The van der Waals surface area contributed by atoms with Crippen LogP contribution < -0.4 is 5.32 Å². The van der Waals surface area contributed by atoms with Crippen LogP contribution in [0, 0.1) is 12.8 Å². The minimum atomic E-state index is 0.0986. The smallest absolute Gasteiger partial charge is 0.226 e. The minimum Gasteiger partial charge on any atom is -0.441 e. The molecule has 1 N–H and O–H groups in total. The lowest BCUT2D eigenvalue weighted by Gasteiger charge is -2.31. The topological polar surface area (TPSA) is 58.4 Å². The van der Waals surface area contributed by atoms with E-state index in [0.29, 0.717) is 5.89 Å². The molecule has 0 bridgehead atoms. The predicted molar refractivity (Wildman–Crippen MR) is 136 cm³/mol. The van der Waals surface area contributed by atoms with Crippen LogP contribution in [0.3, 0.4) is 0 Å². The number of carbonyl (C=O) groups excluding carboxylic acids is 1.